The monoisotopic (exact) mass is 368 g/mol. The maximum absolute atomic E-state index is 12.7. The Kier molecular flexibility index (Phi) is 5.76. The molecule has 1 N–H and O–H groups in total. The fourth-order valence-corrected chi connectivity index (χ4v) is 2.89. The molecule has 0 atom stereocenters. The number of carbonyl (C=O) groups is 1. The molecule has 0 radical (unpaired) electrons. The number of anilines is 1. The number of amides is 1. The second-order valence-electron chi connectivity index (χ2n) is 6.28. The van der Waals surface area contributed by atoms with Gasteiger partial charge < -0.3 is 15.0 Å². The predicted octanol–water partition coefficient (Wildman–Crippen LogP) is 4.69. The number of likely N-dealkylation sites (N-methyl/N-ethyl adjacent to an activating group) is 1. The molecule has 0 aliphatic carbocycles. The van der Waals surface area contributed by atoms with Crippen molar-refractivity contribution < 1.29 is 9.53 Å². The number of fused-ring (bicyclic) bond motifs is 1. The Hall–Kier alpha value is -2.56. The van der Waals surface area contributed by atoms with E-state index in [-0.39, 0.29) is 5.91 Å². The summed E-state index contributed by atoms with van der Waals surface area (Å²) in [5.41, 5.74) is 1.26. The van der Waals surface area contributed by atoms with Crippen molar-refractivity contribution in [2.24, 2.45) is 0 Å². The van der Waals surface area contributed by atoms with Crippen molar-refractivity contribution in [1.29, 1.82) is 0 Å². The van der Waals surface area contributed by atoms with Crippen molar-refractivity contribution in [3.8, 4) is 5.75 Å². The molecular formula is C21H21ClN2O2. The van der Waals surface area contributed by atoms with Crippen LogP contribution in [0.3, 0.4) is 0 Å². The van der Waals surface area contributed by atoms with Crippen molar-refractivity contribution in [3.05, 3.63) is 71.2 Å². The fraction of sp³-hybridized carbons (Fsp3) is 0.190. The molecule has 0 aromatic heterocycles. The predicted molar refractivity (Wildman–Crippen MR) is 107 cm³/mol. The molecule has 134 valence electrons. The number of carbonyl (C=O) groups excluding carboxylic acids is 1. The number of halogens is 1. The normalized spacial score (nSPS) is 10.9. The van der Waals surface area contributed by atoms with Gasteiger partial charge in [0.1, 0.15) is 12.4 Å². The molecule has 0 spiro atoms. The molecule has 4 nitrogen and oxygen atoms in total. The van der Waals surface area contributed by atoms with Gasteiger partial charge in [-0.2, -0.15) is 0 Å². The average Bonchev–Trinajstić information content (AvgIpc) is 2.62. The van der Waals surface area contributed by atoms with Crippen LogP contribution in [0.25, 0.3) is 10.8 Å². The number of ether oxygens (including phenoxy) is 1. The molecule has 3 aromatic carbocycles. The lowest BCUT2D eigenvalue weighted by Gasteiger charge is -2.13. The van der Waals surface area contributed by atoms with Crippen LogP contribution in [-0.2, 0) is 0 Å². The summed E-state index contributed by atoms with van der Waals surface area (Å²) in [5.74, 6) is 0.441. The molecule has 0 aliphatic heterocycles. The van der Waals surface area contributed by atoms with Crippen LogP contribution in [-0.4, -0.2) is 38.1 Å². The molecular weight excluding hydrogens is 348 g/mol. The molecule has 0 unspecified atom stereocenters. The number of rotatable bonds is 6. The maximum Gasteiger partial charge on any atom is 0.256 e. The molecule has 3 rings (SSSR count). The lowest BCUT2D eigenvalue weighted by atomic mass is 10.0. The molecule has 0 saturated carbocycles. The molecule has 0 fully saturated rings. The third-order valence-corrected chi connectivity index (χ3v) is 4.32. The summed E-state index contributed by atoms with van der Waals surface area (Å²) in [4.78, 5) is 14.7. The minimum absolute atomic E-state index is 0.167. The van der Waals surface area contributed by atoms with Gasteiger partial charge in [0.2, 0.25) is 0 Å². The zero-order chi connectivity index (χ0) is 18.5. The van der Waals surface area contributed by atoms with Gasteiger partial charge in [-0.1, -0.05) is 48.0 Å². The van der Waals surface area contributed by atoms with Gasteiger partial charge in [0.05, 0.1) is 5.02 Å². The van der Waals surface area contributed by atoms with Gasteiger partial charge in [0, 0.05) is 17.8 Å². The van der Waals surface area contributed by atoms with E-state index in [4.69, 9.17) is 16.3 Å². The number of hydrogen-bond donors (Lipinski definition) is 1. The molecule has 26 heavy (non-hydrogen) atoms. The molecule has 1 amide bonds. The Labute approximate surface area is 158 Å². The second-order valence-corrected chi connectivity index (χ2v) is 6.68. The number of hydrogen-bond acceptors (Lipinski definition) is 3. The van der Waals surface area contributed by atoms with Crippen LogP contribution in [0, 0.1) is 0 Å². The SMILES string of the molecule is CN(C)CCOc1ccc(NC(=O)c2cccc3ccccc23)cc1Cl. The summed E-state index contributed by atoms with van der Waals surface area (Å²) in [5, 5.41) is 5.33. The molecule has 3 aromatic rings. The first kappa shape index (κ1) is 18.2. The van der Waals surface area contributed by atoms with Crippen LogP contribution in [0.4, 0.5) is 5.69 Å². The molecule has 0 aliphatic rings. The maximum atomic E-state index is 12.7. The van der Waals surface area contributed by atoms with Crippen molar-refractivity contribution in [2.75, 3.05) is 32.6 Å². The Bertz CT molecular complexity index is 920. The molecule has 0 bridgehead atoms. The van der Waals surface area contributed by atoms with Crippen LogP contribution < -0.4 is 10.1 Å². The summed E-state index contributed by atoms with van der Waals surface area (Å²) in [6, 6.07) is 18.8. The second kappa shape index (κ2) is 8.21. The fourth-order valence-electron chi connectivity index (χ4n) is 2.66. The van der Waals surface area contributed by atoms with Crippen LogP contribution in [0.15, 0.2) is 60.7 Å². The Morgan fingerprint density at radius 2 is 1.85 bits per heavy atom. The van der Waals surface area contributed by atoms with Gasteiger partial charge in [-0.25, -0.2) is 0 Å². The minimum Gasteiger partial charge on any atom is -0.491 e. The summed E-state index contributed by atoms with van der Waals surface area (Å²) in [7, 11) is 3.97. The summed E-state index contributed by atoms with van der Waals surface area (Å²) in [6.45, 7) is 1.35. The highest BCUT2D eigenvalue weighted by Crippen LogP contribution is 2.28. The number of nitrogens with one attached hydrogen (secondary N) is 1. The Morgan fingerprint density at radius 3 is 2.62 bits per heavy atom. The van der Waals surface area contributed by atoms with E-state index in [9.17, 15) is 4.79 Å². The quantitative estimate of drug-likeness (QED) is 0.686. The Balaban J connectivity index is 1.74. The smallest absolute Gasteiger partial charge is 0.256 e. The first-order valence-electron chi connectivity index (χ1n) is 8.41. The van der Waals surface area contributed by atoms with Gasteiger partial charge in [-0.3, -0.25) is 4.79 Å². The van der Waals surface area contributed by atoms with Crippen molar-refractivity contribution in [2.45, 2.75) is 0 Å². The third kappa shape index (κ3) is 4.34. The first-order chi connectivity index (χ1) is 12.5. The van der Waals surface area contributed by atoms with Gasteiger partial charge >= 0.3 is 0 Å². The Morgan fingerprint density at radius 1 is 1.08 bits per heavy atom. The van der Waals surface area contributed by atoms with Crippen LogP contribution in [0.1, 0.15) is 10.4 Å². The van der Waals surface area contributed by atoms with Crippen LogP contribution in [0.2, 0.25) is 5.02 Å². The highest BCUT2D eigenvalue weighted by molar-refractivity contribution is 6.32. The highest BCUT2D eigenvalue weighted by Gasteiger charge is 2.11. The van der Waals surface area contributed by atoms with Gasteiger partial charge in [0.25, 0.3) is 5.91 Å². The standard InChI is InChI=1S/C21H21ClN2O2/c1-24(2)12-13-26-20-11-10-16(14-19(20)22)23-21(25)18-9-5-7-15-6-3-4-8-17(15)18/h3-11,14H,12-13H2,1-2H3,(H,23,25). The van der Waals surface area contributed by atoms with Crippen molar-refractivity contribution in [3.63, 3.8) is 0 Å². The van der Waals surface area contributed by atoms with E-state index >= 15 is 0 Å². The minimum atomic E-state index is -0.167. The topological polar surface area (TPSA) is 41.6 Å². The molecule has 0 saturated heterocycles. The van der Waals surface area contributed by atoms with E-state index in [2.05, 4.69) is 5.32 Å². The van der Waals surface area contributed by atoms with E-state index in [0.717, 1.165) is 17.3 Å². The molecule has 5 heteroatoms. The van der Waals surface area contributed by atoms with Crippen molar-refractivity contribution in [1.82, 2.24) is 4.90 Å². The average molecular weight is 369 g/mol. The van der Waals surface area contributed by atoms with E-state index in [1.54, 1.807) is 18.2 Å². The zero-order valence-electron chi connectivity index (χ0n) is 14.8. The van der Waals surface area contributed by atoms with Gasteiger partial charge in [0.15, 0.2) is 0 Å². The number of nitrogens with zero attached hydrogens (tertiary/aromatic N) is 1. The summed E-state index contributed by atoms with van der Waals surface area (Å²) in [6.07, 6.45) is 0. The first-order valence-corrected chi connectivity index (χ1v) is 8.78. The lowest BCUT2D eigenvalue weighted by molar-refractivity contribution is 0.102. The van der Waals surface area contributed by atoms with E-state index in [1.165, 1.54) is 0 Å². The van der Waals surface area contributed by atoms with E-state index in [1.807, 2.05) is 61.5 Å². The summed E-state index contributed by atoms with van der Waals surface area (Å²) >= 11 is 6.28. The zero-order valence-corrected chi connectivity index (χ0v) is 15.6. The molecule has 0 heterocycles. The van der Waals surface area contributed by atoms with Gasteiger partial charge in [-0.15, -0.1) is 0 Å². The summed E-state index contributed by atoms with van der Waals surface area (Å²) < 4.78 is 5.66. The third-order valence-electron chi connectivity index (χ3n) is 4.02. The largest absolute Gasteiger partial charge is 0.491 e. The van der Waals surface area contributed by atoms with E-state index < -0.39 is 0 Å². The van der Waals surface area contributed by atoms with Crippen LogP contribution >= 0.6 is 11.6 Å². The number of benzene rings is 3. The van der Waals surface area contributed by atoms with Gasteiger partial charge in [-0.05, 0) is 49.1 Å². The van der Waals surface area contributed by atoms with Crippen molar-refractivity contribution >= 4 is 34.0 Å². The lowest BCUT2D eigenvalue weighted by Crippen LogP contribution is -2.19. The van der Waals surface area contributed by atoms with E-state index in [0.29, 0.717) is 28.6 Å². The van der Waals surface area contributed by atoms with Crippen LogP contribution in [0.5, 0.6) is 5.75 Å². The highest BCUT2D eigenvalue weighted by atomic mass is 35.5.